The van der Waals surface area contributed by atoms with Crippen LogP contribution in [-0.2, 0) is 13.0 Å². The van der Waals surface area contributed by atoms with Crippen LogP contribution in [0.5, 0.6) is 0 Å². The summed E-state index contributed by atoms with van der Waals surface area (Å²) >= 11 is 0. The van der Waals surface area contributed by atoms with E-state index in [2.05, 4.69) is 28.6 Å². The Morgan fingerprint density at radius 1 is 1.25 bits per heavy atom. The van der Waals surface area contributed by atoms with Gasteiger partial charge in [-0.05, 0) is 26.7 Å². The Labute approximate surface area is 121 Å². The van der Waals surface area contributed by atoms with Crippen LogP contribution in [0.15, 0.2) is 6.20 Å². The van der Waals surface area contributed by atoms with Gasteiger partial charge in [0.2, 0.25) is 5.95 Å². The summed E-state index contributed by atoms with van der Waals surface area (Å²) in [5, 5.41) is 0. The summed E-state index contributed by atoms with van der Waals surface area (Å²) < 4.78 is 0. The fourth-order valence-corrected chi connectivity index (χ4v) is 3.02. The third-order valence-electron chi connectivity index (χ3n) is 4.50. The molecule has 5 heteroatoms. The van der Waals surface area contributed by atoms with Crippen molar-refractivity contribution in [2.45, 2.75) is 51.7 Å². The standard InChI is InChI=1S/C15H25N5/c1-11(2)20-8-5-14-12(10-20)9-17-15(18-14)19-6-3-13(16)4-7-19/h9,11,13H,3-8,10,16H2,1-2H3. The Morgan fingerprint density at radius 2 is 2.00 bits per heavy atom. The van der Waals surface area contributed by atoms with Gasteiger partial charge in [0.05, 0.1) is 5.69 Å². The van der Waals surface area contributed by atoms with E-state index < -0.39 is 0 Å². The highest BCUT2D eigenvalue weighted by molar-refractivity contribution is 5.35. The van der Waals surface area contributed by atoms with E-state index in [0.29, 0.717) is 12.1 Å². The lowest BCUT2D eigenvalue weighted by atomic mass is 10.1. The van der Waals surface area contributed by atoms with Crippen molar-refractivity contribution in [3.63, 3.8) is 0 Å². The van der Waals surface area contributed by atoms with Crippen molar-refractivity contribution in [1.29, 1.82) is 0 Å². The molecule has 0 spiro atoms. The zero-order chi connectivity index (χ0) is 14.1. The van der Waals surface area contributed by atoms with Crippen molar-refractivity contribution >= 4 is 5.95 Å². The van der Waals surface area contributed by atoms with E-state index >= 15 is 0 Å². The van der Waals surface area contributed by atoms with E-state index in [9.17, 15) is 0 Å². The number of anilines is 1. The van der Waals surface area contributed by atoms with Gasteiger partial charge in [-0.2, -0.15) is 0 Å². The molecule has 0 saturated carbocycles. The molecule has 0 atom stereocenters. The van der Waals surface area contributed by atoms with Crippen LogP contribution in [0, 0.1) is 0 Å². The Balaban J connectivity index is 1.74. The van der Waals surface area contributed by atoms with Crippen molar-refractivity contribution in [2.24, 2.45) is 5.73 Å². The zero-order valence-electron chi connectivity index (χ0n) is 12.5. The highest BCUT2D eigenvalue weighted by Gasteiger charge is 2.23. The lowest BCUT2D eigenvalue weighted by Gasteiger charge is -2.33. The molecule has 0 amide bonds. The number of rotatable bonds is 2. The van der Waals surface area contributed by atoms with E-state index in [0.717, 1.165) is 51.4 Å². The largest absolute Gasteiger partial charge is 0.341 e. The molecule has 20 heavy (non-hydrogen) atoms. The van der Waals surface area contributed by atoms with Gasteiger partial charge in [0.1, 0.15) is 0 Å². The molecule has 1 saturated heterocycles. The molecule has 110 valence electrons. The summed E-state index contributed by atoms with van der Waals surface area (Å²) in [5.74, 6) is 0.897. The molecule has 1 fully saturated rings. The quantitative estimate of drug-likeness (QED) is 0.878. The number of nitrogens with zero attached hydrogens (tertiary/aromatic N) is 4. The van der Waals surface area contributed by atoms with E-state index in [1.807, 2.05) is 6.20 Å². The molecular formula is C15H25N5. The van der Waals surface area contributed by atoms with Gasteiger partial charge in [0.25, 0.3) is 0 Å². The normalized spacial score (nSPS) is 21.3. The molecular weight excluding hydrogens is 250 g/mol. The Morgan fingerprint density at radius 3 is 2.70 bits per heavy atom. The predicted octanol–water partition coefficient (Wildman–Crippen LogP) is 1.17. The summed E-state index contributed by atoms with van der Waals surface area (Å²) in [6, 6.07) is 0.940. The molecule has 0 aromatic carbocycles. The van der Waals surface area contributed by atoms with Crippen LogP contribution in [0.2, 0.25) is 0 Å². The monoisotopic (exact) mass is 275 g/mol. The van der Waals surface area contributed by atoms with Gasteiger partial charge < -0.3 is 10.6 Å². The summed E-state index contributed by atoms with van der Waals surface area (Å²) in [4.78, 5) is 14.1. The second-order valence-electron chi connectivity index (χ2n) is 6.28. The van der Waals surface area contributed by atoms with Gasteiger partial charge in [-0.25, -0.2) is 9.97 Å². The van der Waals surface area contributed by atoms with E-state index in [1.54, 1.807) is 0 Å². The molecule has 1 aromatic heterocycles. The lowest BCUT2D eigenvalue weighted by Crippen LogP contribution is -2.41. The minimum absolute atomic E-state index is 0.350. The predicted molar refractivity (Wildman–Crippen MR) is 80.7 cm³/mol. The molecule has 0 unspecified atom stereocenters. The average Bonchev–Trinajstić information content (AvgIpc) is 2.47. The molecule has 0 aliphatic carbocycles. The van der Waals surface area contributed by atoms with E-state index in [1.165, 1.54) is 11.3 Å². The van der Waals surface area contributed by atoms with E-state index in [4.69, 9.17) is 10.7 Å². The Bertz CT molecular complexity index is 465. The second-order valence-corrected chi connectivity index (χ2v) is 6.28. The van der Waals surface area contributed by atoms with Gasteiger partial charge in [-0.1, -0.05) is 0 Å². The Kier molecular flexibility index (Phi) is 3.89. The number of piperidine rings is 1. The van der Waals surface area contributed by atoms with Crippen molar-refractivity contribution < 1.29 is 0 Å². The highest BCUT2D eigenvalue weighted by atomic mass is 15.3. The second kappa shape index (κ2) is 5.66. The van der Waals surface area contributed by atoms with Crippen LogP contribution in [0.1, 0.15) is 37.9 Å². The number of hydrogen-bond donors (Lipinski definition) is 1. The number of nitrogens with two attached hydrogens (primary N) is 1. The fraction of sp³-hybridized carbons (Fsp3) is 0.733. The molecule has 2 N–H and O–H groups in total. The van der Waals surface area contributed by atoms with Crippen molar-refractivity contribution in [1.82, 2.24) is 14.9 Å². The Hall–Kier alpha value is -1.20. The smallest absolute Gasteiger partial charge is 0.225 e. The van der Waals surface area contributed by atoms with Gasteiger partial charge in [-0.15, -0.1) is 0 Å². The maximum absolute atomic E-state index is 5.96. The van der Waals surface area contributed by atoms with Crippen LogP contribution in [0.25, 0.3) is 0 Å². The number of aromatic nitrogens is 2. The molecule has 3 heterocycles. The first-order chi connectivity index (χ1) is 9.63. The molecule has 2 aliphatic rings. The summed E-state index contributed by atoms with van der Waals surface area (Å²) in [6.07, 6.45) is 5.15. The van der Waals surface area contributed by atoms with Crippen LogP contribution in [0.4, 0.5) is 5.95 Å². The van der Waals surface area contributed by atoms with Crippen molar-refractivity contribution in [3.8, 4) is 0 Å². The minimum Gasteiger partial charge on any atom is -0.341 e. The van der Waals surface area contributed by atoms with Crippen molar-refractivity contribution in [2.75, 3.05) is 24.5 Å². The SMILES string of the molecule is CC(C)N1CCc2nc(N3CCC(N)CC3)ncc2C1. The molecule has 3 rings (SSSR count). The van der Waals surface area contributed by atoms with Gasteiger partial charge in [0, 0.05) is 56.4 Å². The highest BCUT2D eigenvalue weighted by Crippen LogP contribution is 2.22. The number of fused-ring (bicyclic) bond motifs is 1. The molecule has 0 radical (unpaired) electrons. The fourth-order valence-electron chi connectivity index (χ4n) is 3.02. The first-order valence-electron chi connectivity index (χ1n) is 7.73. The maximum Gasteiger partial charge on any atom is 0.225 e. The van der Waals surface area contributed by atoms with Gasteiger partial charge >= 0.3 is 0 Å². The molecule has 5 nitrogen and oxygen atoms in total. The molecule has 0 bridgehead atoms. The van der Waals surface area contributed by atoms with Gasteiger partial charge in [-0.3, -0.25) is 4.90 Å². The van der Waals surface area contributed by atoms with Crippen LogP contribution in [0.3, 0.4) is 0 Å². The summed E-state index contributed by atoms with van der Waals surface area (Å²) in [6.45, 7) is 8.55. The average molecular weight is 275 g/mol. The first-order valence-corrected chi connectivity index (χ1v) is 7.73. The first kappa shape index (κ1) is 13.8. The third-order valence-corrected chi connectivity index (χ3v) is 4.50. The van der Waals surface area contributed by atoms with Crippen LogP contribution in [-0.4, -0.2) is 46.6 Å². The maximum atomic E-state index is 5.96. The van der Waals surface area contributed by atoms with Crippen molar-refractivity contribution in [3.05, 3.63) is 17.5 Å². The van der Waals surface area contributed by atoms with Gasteiger partial charge in [0.15, 0.2) is 0 Å². The molecule has 2 aliphatic heterocycles. The topological polar surface area (TPSA) is 58.3 Å². The van der Waals surface area contributed by atoms with Crippen LogP contribution < -0.4 is 10.6 Å². The summed E-state index contributed by atoms with van der Waals surface area (Å²) in [7, 11) is 0. The van der Waals surface area contributed by atoms with E-state index in [-0.39, 0.29) is 0 Å². The third kappa shape index (κ3) is 2.79. The summed E-state index contributed by atoms with van der Waals surface area (Å²) in [5.41, 5.74) is 8.49. The lowest BCUT2D eigenvalue weighted by molar-refractivity contribution is 0.201. The van der Waals surface area contributed by atoms with Crippen LogP contribution >= 0.6 is 0 Å². The number of hydrogen-bond acceptors (Lipinski definition) is 5. The zero-order valence-corrected chi connectivity index (χ0v) is 12.5. The molecule has 1 aromatic rings. The minimum atomic E-state index is 0.350.